The summed E-state index contributed by atoms with van der Waals surface area (Å²) in [4.78, 5) is 15.0. The summed E-state index contributed by atoms with van der Waals surface area (Å²) in [6.07, 6.45) is 2.13. The van der Waals surface area contributed by atoms with Gasteiger partial charge >= 0.3 is 6.03 Å². The van der Waals surface area contributed by atoms with Gasteiger partial charge in [-0.3, -0.25) is 0 Å². The second-order valence-electron chi connectivity index (χ2n) is 9.32. The first-order valence-corrected chi connectivity index (χ1v) is 12.3. The summed E-state index contributed by atoms with van der Waals surface area (Å²) in [7, 11) is 0. The van der Waals surface area contributed by atoms with E-state index in [0.29, 0.717) is 23.7 Å². The van der Waals surface area contributed by atoms with Gasteiger partial charge in [0.05, 0.1) is 23.8 Å². The summed E-state index contributed by atoms with van der Waals surface area (Å²) in [5, 5.41) is 25.9. The van der Waals surface area contributed by atoms with Crippen molar-refractivity contribution in [3.05, 3.63) is 101 Å². The maximum absolute atomic E-state index is 13.2. The van der Waals surface area contributed by atoms with Gasteiger partial charge in [0, 0.05) is 12.2 Å². The number of hydrogen-bond donors (Lipinski definition) is 3. The van der Waals surface area contributed by atoms with E-state index in [0.717, 1.165) is 43.5 Å². The predicted octanol–water partition coefficient (Wildman–Crippen LogP) is 4.88. The van der Waals surface area contributed by atoms with Crippen molar-refractivity contribution in [1.29, 1.82) is 5.26 Å². The molecule has 3 aromatic rings. The molecular formula is C29H31FN4O2. The Bertz CT molecular complexity index is 1170. The monoisotopic (exact) mass is 486 g/mol. The van der Waals surface area contributed by atoms with Crippen LogP contribution in [0.4, 0.5) is 14.9 Å². The van der Waals surface area contributed by atoms with Crippen LogP contribution in [0.1, 0.15) is 35.6 Å². The van der Waals surface area contributed by atoms with Crippen molar-refractivity contribution in [2.75, 3.05) is 25.0 Å². The van der Waals surface area contributed by atoms with E-state index in [9.17, 15) is 14.3 Å². The van der Waals surface area contributed by atoms with Crippen LogP contribution < -0.4 is 10.6 Å². The molecule has 7 heteroatoms. The van der Waals surface area contributed by atoms with Gasteiger partial charge in [-0.2, -0.15) is 5.26 Å². The third kappa shape index (κ3) is 7.14. The van der Waals surface area contributed by atoms with Crippen LogP contribution in [0.25, 0.3) is 0 Å². The van der Waals surface area contributed by atoms with E-state index in [1.54, 1.807) is 24.3 Å². The number of aliphatic hydroxyl groups is 1. The zero-order valence-electron chi connectivity index (χ0n) is 20.1. The minimum Gasteiger partial charge on any atom is -0.389 e. The Balaban J connectivity index is 1.34. The maximum Gasteiger partial charge on any atom is 0.319 e. The van der Waals surface area contributed by atoms with Crippen LogP contribution in [-0.4, -0.2) is 41.8 Å². The standard InChI is InChI=1S/C29H31FN4O2/c30-25-11-9-21(10-12-25)17-22-13-15-34(16-14-22)20-27(35)28(24-6-2-1-3-7-24)33-29(36)32-26-8-4-5-23(18-26)19-31/h1-12,18,22,27-28,35H,13-17,20H2,(H2,32,33,36)/t27-,28-/m1/s1. The number of carbonyl (C=O) groups is 1. The number of likely N-dealkylation sites (tertiary alicyclic amines) is 1. The molecule has 186 valence electrons. The van der Waals surface area contributed by atoms with Gasteiger partial charge < -0.3 is 20.6 Å². The highest BCUT2D eigenvalue weighted by atomic mass is 19.1. The van der Waals surface area contributed by atoms with Gasteiger partial charge in [-0.25, -0.2) is 9.18 Å². The molecular weight excluding hydrogens is 455 g/mol. The third-order valence-corrected chi connectivity index (χ3v) is 6.67. The molecule has 0 unspecified atom stereocenters. The largest absolute Gasteiger partial charge is 0.389 e. The predicted molar refractivity (Wildman–Crippen MR) is 138 cm³/mol. The van der Waals surface area contributed by atoms with Gasteiger partial charge in [-0.05, 0) is 79.7 Å². The van der Waals surface area contributed by atoms with Crippen LogP contribution in [0.2, 0.25) is 0 Å². The number of benzene rings is 3. The molecule has 0 spiro atoms. The quantitative estimate of drug-likeness (QED) is 0.424. The van der Waals surface area contributed by atoms with Crippen molar-refractivity contribution in [3.8, 4) is 6.07 Å². The Morgan fingerprint density at radius 3 is 2.47 bits per heavy atom. The molecule has 1 aliphatic rings. The molecule has 0 aliphatic carbocycles. The lowest BCUT2D eigenvalue weighted by Crippen LogP contribution is -2.46. The molecule has 1 saturated heterocycles. The Kier molecular flexibility index (Phi) is 8.66. The lowest BCUT2D eigenvalue weighted by Gasteiger charge is -2.35. The summed E-state index contributed by atoms with van der Waals surface area (Å²) in [5.74, 6) is 0.315. The van der Waals surface area contributed by atoms with Gasteiger partial charge in [0.15, 0.2) is 0 Å². The number of hydrogen-bond acceptors (Lipinski definition) is 4. The third-order valence-electron chi connectivity index (χ3n) is 6.67. The van der Waals surface area contributed by atoms with E-state index in [2.05, 4.69) is 21.6 Å². The van der Waals surface area contributed by atoms with Crippen molar-refractivity contribution in [3.63, 3.8) is 0 Å². The van der Waals surface area contributed by atoms with Crippen LogP contribution >= 0.6 is 0 Å². The van der Waals surface area contributed by atoms with Crippen LogP contribution in [0.3, 0.4) is 0 Å². The molecule has 2 amide bonds. The second-order valence-corrected chi connectivity index (χ2v) is 9.32. The summed E-state index contributed by atoms with van der Waals surface area (Å²) < 4.78 is 13.2. The first kappa shape index (κ1) is 25.4. The lowest BCUT2D eigenvalue weighted by molar-refractivity contribution is 0.0657. The fraction of sp³-hybridized carbons (Fsp3) is 0.310. The molecule has 36 heavy (non-hydrogen) atoms. The number of amides is 2. The highest BCUT2D eigenvalue weighted by Crippen LogP contribution is 2.24. The van der Waals surface area contributed by atoms with Crippen molar-refractivity contribution in [2.24, 2.45) is 5.92 Å². The molecule has 3 N–H and O–H groups in total. The molecule has 2 atom stereocenters. The highest BCUT2D eigenvalue weighted by molar-refractivity contribution is 5.89. The number of carbonyl (C=O) groups excluding carboxylic acids is 1. The van der Waals surface area contributed by atoms with Crippen molar-refractivity contribution < 1.29 is 14.3 Å². The number of anilines is 1. The summed E-state index contributed by atoms with van der Waals surface area (Å²) in [5.41, 5.74) is 2.93. The van der Waals surface area contributed by atoms with E-state index in [4.69, 9.17) is 5.26 Å². The number of nitriles is 1. The molecule has 4 rings (SSSR count). The molecule has 1 heterocycles. The lowest BCUT2D eigenvalue weighted by atomic mass is 9.90. The second kappa shape index (κ2) is 12.3. The van der Waals surface area contributed by atoms with E-state index in [1.165, 1.54) is 12.1 Å². The average Bonchev–Trinajstić information content (AvgIpc) is 2.90. The minimum absolute atomic E-state index is 0.214. The summed E-state index contributed by atoms with van der Waals surface area (Å²) >= 11 is 0. The van der Waals surface area contributed by atoms with E-state index in [-0.39, 0.29) is 5.82 Å². The molecule has 0 bridgehead atoms. The van der Waals surface area contributed by atoms with Gasteiger partial charge in [-0.15, -0.1) is 0 Å². The number of halogens is 1. The van der Waals surface area contributed by atoms with E-state index < -0.39 is 18.2 Å². The van der Waals surface area contributed by atoms with E-state index >= 15 is 0 Å². The molecule has 0 saturated carbocycles. The van der Waals surface area contributed by atoms with Crippen molar-refractivity contribution in [2.45, 2.75) is 31.4 Å². The number of piperidine rings is 1. The fourth-order valence-corrected chi connectivity index (χ4v) is 4.73. The Labute approximate surface area is 211 Å². The normalized spacial score (nSPS) is 16.0. The molecule has 0 radical (unpaired) electrons. The number of nitrogens with one attached hydrogen (secondary N) is 2. The minimum atomic E-state index is -0.808. The Hall–Kier alpha value is -3.73. The zero-order valence-corrected chi connectivity index (χ0v) is 20.1. The van der Waals surface area contributed by atoms with Crippen molar-refractivity contribution >= 4 is 11.7 Å². The number of urea groups is 1. The Morgan fingerprint density at radius 2 is 1.78 bits per heavy atom. The maximum atomic E-state index is 13.2. The van der Waals surface area contributed by atoms with E-state index in [1.807, 2.05) is 42.5 Å². The number of aliphatic hydroxyl groups excluding tert-OH is 1. The van der Waals surface area contributed by atoms with Gasteiger partial charge in [0.2, 0.25) is 0 Å². The molecule has 1 fully saturated rings. The number of nitrogens with zero attached hydrogens (tertiary/aromatic N) is 2. The average molecular weight is 487 g/mol. The first-order valence-electron chi connectivity index (χ1n) is 12.3. The topological polar surface area (TPSA) is 88.4 Å². The smallest absolute Gasteiger partial charge is 0.319 e. The Morgan fingerprint density at radius 1 is 1.06 bits per heavy atom. The van der Waals surface area contributed by atoms with Crippen molar-refractivity contribution in [1.82, 2.24) is 10.2 Å². The van der Waals surface area contributed by atoms with Gasteiger partial charge in [0.1, 0.15) is 5.82 Å². The molecule has 0 aromatic heterocycles. The number of rotatable bonds is 8. The zero-order chi connectivity index (χ0) is 25.3. The highest BCUT2D eigenvalue weighted by Gasteiger charge is 2.27. The van der Waals surface area contributed by atoms with Gasteiger partial charge in [0.25, 0.3) is 0 Å². The number of β-amino-alcohol motifs (C(OH)–C–C–N with tert-alkyl or cyclic N) is 1. The van der Waals surface area contributed by atoms with Gasteiger partial charge in [-0.1, -0.05) is 48.5 Å². The van der Waals surface area contributed by atoms with Crippen LogP contribution in [0.5, 0.6) is 0 Å². The SMILES string of the molecule is N#Cc1cccc(NC(=O)N[C@H](c2ccccc2)[C@H](O)CN2CCC(Cc3ccc(F)cc3)CC2)c1. The summed E-state index contributed by atoms with van der Waals surface area (Å²) in [6, 6.07) is 23.9. The molecule has 1 aliphatic heterocycles. The first-order chi connectivity index (χ1) is 17.5. The summed E-state index contributed by atoms with van der Waals surface area (Å²) in [6.45, 7) is 2.15. The molecule has 3 aromatic carbocycles. The fourth-order valence-electron chi connectivity index (χ4n) is 4.73. The van der Waals surface area contributed by atoms with Crippen LogP contribution in [0, 0.1) is 23.1 Å². The van der Waals surface area contributed by atoms with Crippen LogP contribution in [0.15, 0.2) is 78.9 Å². The molecule has 6 nitrogen and oxygen atoms in total. The van der Waals surface area contributed by atoms with Crippen LogP contribution in [-0.2, 0) is 6.42 Å².